The van der Waals surface area contributed by atoms with Crippen LogP contribution in [0, 0.1) is 13.8 Å². The molecule has 0 bridgehead atoms. The Kier molecular flexibility index (Phi) is 6.38. The molecule has 1 atom stereocenters. The molecule has 9 heteroatoms. The third kappa shape index (κ3) is 5.03. The molecular formula is C17H24N2O6S. The smallest absolute Gasteiger partial charge is 0.305 e. The zero-order chi connectivity index (χ0) is 19.5. The second-order valence-electron chi connectivity index (χ2n) is 6.49. The fraction of sp³-hybridized carbons (Fsp3) is 0.529. The lowest BCUT2D eigenvalue weighted by Gasteiger charge is -2.25. The lowest BCUT2D eigenvalue weighted by atomic mass is 10.0. The standard InChI is InChI=1S/C17H24N2O6S/c1-11-8-13(9-15(12(11)2)26(18,23)24)17(22)19(6-5-16(20)21)10-14-4-3-7-25-14/h8-9,14H,3-7,10H2,1-2H3,(H,20,21)(H2,18,23,24)/t14-/m1/s1. The SMILES string of the molecule is Cc1cc(C(=O)N(CCC(=O)O)C[C@H]2CCCO2)cc(S(N)(=O)=O)c1C. The Balaban J connectivity index is 2.34. The van der Waals surface area contributed by atoms with Gasteiger partial charge in [0, 0.05) is 25.3 Å². The first-order chi connectivity index (χ1) is 12.1. The number of amides is 1. The average Bonchev–Trinajstić information content (AvgIpc) is 3.05. The molecule has 3 N–H and O–H groups in total. The van der Waals surface area contributed by atoms with Crippen molar-refractivity contribution >= 4 is 21.9 Å². The molecule has 144 valence electrons. The Bertz CT molecular complexity index is 800. The number of rotatable bonds is 7. The molecule has 0 saturated carbocycles. The van der Waals surface area contributed by atoms with E-state index in [1.807, 2.05) is 0 Å². The number of nitrogens with two attached hydrogens (primary N) is 1. The van der Waals surface area contributed by atoms with Gasteiger partial charge in [0.15, 0.2) is 0 Å². The first-order valence-electron chi connectivity index (χ1n) is 8.36. The van der Waals surface area contributed by atoms with Crippen LogP contribution < -0.4 is 5.14 Å². The Morgan fingerprint density at radius 1 is 1.35 bits per heavy atom. The van der Waals surface area contributed by atoms with Gasteiger partial charge < -0.3 is 14.7 Å². The van der Waals surface area contributed by atoms with E-state index in [-0.39, 0.29) is 36.1 Å². The van der Waals surface area contributed by atoms with Crippen LogP contribution in [0.4, 0.5) is 0 Å². The number of hydrogen-bond acceptors (Lipinski definition) is 5. The number of carbonyl (C=O) groups is 2. The predicted molar refractivity (Wildman–Crippen MR) is 94.4 cm³/mol. The van der Waals surface area contributed by atoms with Crippen molar-refractivity contribution in [2.24, 2.45) is 5.14 Å². The summed E-state index contributed by atoms with van der Waals surface area (Å²) in [5, 5.41) is 14.2. The number of benzene rings is 1. The number of aliphatic carboxylic acids is 1. The number of carboxylic acids is 1. The van der Waals surface area contributed by atoms with E-state index in [9.17, 15) is 18.0 Å². The third-order valence-corrected chi connectivity index (χ3v) is 5.54. The monoisotopic (exact) mass is 384 g/mol. The number of carbonyl (C=O) groups excluding carboxylic acids is 1. The molecule has 1 heterocycles. The number of aryl methyl sites for hydroxylation is 1. The first kappa shape index (κ1) is 20.3. The Hall–Kier alpha value is -1.97. The number of nitrogens with zero attached hydrogens (tertiary/aromatic N) is 1. The van der Waals surface area contributed by atoms with Crippen LogP contribution in [0.1, 0.15) is 40.7 Å². The summed E-state index contributed by atoms with van der Waals surface area (Å²) >= 11 is 0. The van der Waals surface area contributed by atoms with Gasteiger partial charge in [-0.1, -0.05) is 0 Å². The zero-order valence-electron chi connectivity index (χ0n) is 14.9. The molecule has 1 saturated heterocycles. The molecule has 1 aromatic carbocycles. The molecule has 1 amide bonds. The second-order valence-corrected chi connectivity index (χ2v) is 8.02. The molecule has 1 aliphatic rings. The van der Waals surface area contributed by atoms with E-state index in [2.05, 4.69) is 0 Å². The van der Waals surface area contributed by atoms with Crippen molar-refractivity contribution in [1.82, 2.24) is 4.90 Å². The molecule has 1 aromatic rings. The summed E-state index contributed by atoms with van der Waals surface area (Å²) in [5.41, 5.74) is 1.27. The molecule has 8 nitrogen and oxygen atoms in total. The van der Waals surface area contributed by atoms with Crippen LogP contribution in [0.25, 0.3) is 0 Å². The normalized spacial score (nSPS) is 17.3. The quantitative estimate of drug-likeness (QED) is 0.723. The van der Waals surface area contributed by atoms with Crippen molar-refractivity contribution in [3.8, 4) is 0 Å². The highest BCUT2D eigenvalue weighted by Crippen LogP contribution is 2.22. The van der Waals surface area contributed by atoms with Crippen LogP contribution in [-0.4, -0.2) is 56.1 Å². The Morgan fingerprint density at radius 3 is 2.58 bits per heavy atom. The molecule has 0 aliphatic carbocycles. The van der Waals surface area contributed by atoms with Crippen molar-refractivity contribution in [3.63, 3.8) is 0 Å². The number of sulfonamides is 1. The average molecular weight is 384 g/mol. The lowest BCUT2D eigenvalue weighted by molar-refractivity contribution is -0.137. The maximum atomic E-state index is 12.9. The fourth-order valence-electron chi connectivity index (χ4n) is 2.97. The topological polar surface area (TPSA) is 127 Å². The maximum absolute atomic E-state index is 12.9. The maximum Gasteiger partial charge on any atom is 0.305 e. The van der Waals surface area contributed by atoms with Gasteiger partial charge in [-0.15, -0.1) is 0 Å². The Morgan fingerprint density at radius 2 is 2.04 bits per heavy atom. The number of carboxylic acid groups (broad SMARTS) is 1. The molecule has 0 unspecified atom stereocenters. The van der Waals surface area contributed by atoms with E-state index in [1.165, 1.54) is 11.0 Å². The summed E-state index contributed by atoms with van der Waals surface area (Å²) in [6, 6.07) is 2.85. The van der Waals surface area contributed by atoms with Crippen molar-refractivity contribution in [2.75, 3.05) is 19.7 Å². The van der Waals surface area contributed by atoms with Gasteiger partial charge in [-0.05, 0) is 49.9 Å². The summed E-state index contributed by atoms with van der Waals surface area (Å²) in [5.74, 6) is -1.45. The predicted octanol–water partition coefficient (Wildman–Crippen LogP) is 1.05. The highest BCUT2D eigenvalue weighted by molar-refractivity contribution is 7.89. The van der Waals surface area contributed by atoms with Gasteiger partial charge in [0.1, 0.15) is 0 Å². The minimum atomic E-state index is -3.98. The molecular weight excluding hydrogens is 360 g/mol. The fourth-order valence-corrected chi connectivity index (χ4v) is 3.85. The van der Waals surface area contributed by atoms with Crippen LogP contribution in [0.5, 0.6) is 0 Å². The molecule has 0 radical (unpaired) electrons. The van der Waals surface area contributed by atoms with Crippen LogP contribution in [0.3, 0.4) is 0 Å². The first-order valence-corrected chi connectivity index (χ1v) is 9.91. The van der Waals surface area contributed by atoms with Gasteiger partial charge in [0.05, 0.1) is 17.4 Å². The van der Waals surface area contributed by atoms with Crippen molar-refractivity contribution in [2.45, 2.75) is 44.1 Å². The van der Waals surface area contributed by atoms with Gasteiger partial charge in [-0.3, -0.25) is 9.59 Å². The van der Waals surface area contributed by atoms with Gasteiger partial charge >= 0.3 is 5.97 Å². The van der Waals surface area contributed by atoms with Crippen LogP contribution in [-0.2, 0) is 19.6 Å². The largest absolute Gasteiger partial charge is 0.481 e. The summed E-state index contributed by atoms with van der Waals surface area (Å²) in [4.78, 5) is 25.2. The molecule has 0 spiro atoms. The zero-order valence-corrected chi connectivity index (χ0v) is 15.7. The van der Waals surface area contributed by atoms with E-state index in [4.69, 9.17) is 15.0 Å². The van der Waals surface area contributed by atoms with E-state index < -0.39 is 21.9 Å². The van der Waals surface area contributed by atoms with Gasteiger partial charge in [-0.25, -0.2) is 13.6 Å². The van der Waals surface area contributed by atoms with E-state index in [1.54, 1.807) is 19.9 Å². The summed E-state index contributed by atoms with van der Waals surface area (Å²) < 4.78 is 29.1. The summed E-state index contributed by atoms with van der Waals surface area (Å²) in [6.45, 7) is 4.22. The summed E-state index contributed by atoms with van der Waals surface area (Å²) in [6.07, 6.45) is 1.35. The molecule has 0 aromatic heterocycles. The van der Waals surface area contributed by atoms with E-state index in [0.717, 1.165) is 12.8 Å². The molecule has 2 rings (SSSR count). The van der Waals surface area contributed by atoms with Crippen LogP contribution in [0.2, 0.25) is 0 Å². The minimum absolute atomic E-state index is 0.0195. The second kappa shape index (κ2) is 8.15. The summed E-state index contributed by atoms with van der Waals surface area (Å²) in [7, 11) is -3.98. The van der Waals surface area contributed by atoms with Gasteiger partial charge in [0.25, 0.3) is 5.91 Å². The van der Waals surface area contributed by atoms with E-state index >= 15 is 0 Å². The molecule has 1 fully saturated rings. The third-order valence-electron chi connectivity index (χ3n) is 4.50. The number of primary sulfonamides is 1. The van der Waals surface area contributed by atoms with Crippen LogP contribution >= 0.6 is 0 Å². The Labute approximate surface area is 153 Å². The highest BCUT2D eigenvalue weighted by atomic mass is 32.2. The molecule has 26 heavy (non-hydrogen) atoms. The van der Waals surface area contributed by atoms with Crippen molar-refractivity contribution in [1.29, 1.82) is 0 Å². The van der Waals surface area contributed by atoms with Crippen LogP contribution in [0.15, 0.2) is 17.0 Å². The highest BCUT2D eigenvalue weighted by Gasteiger charge is 2.25. The number of hydrogen-bond donors (Lipinski definition) is 2. The van der Waals surface area contributed by atoms with Gasteiger partial charge in [-0.2, -0.15) is 0 Å². The minimum Gasteiger partial charge on any atom is -0.481 e. The molecule has 1 aliphatic heterocycles. The van der Waals surface area contributed by atoms with E-state index in [0.29, 0.717) is 17.7 Å². The number of ether oxygens (including phenoxy) is 1. The van der Waals surface area contributed by atoms with Gasteiger partial charge in [0.2, 0.25) is 10.0 Å². The van der Waals surface area contributed by atoms with Crippen molar-refractivity contribution < 1.29 is 27.9 Å². The lowest BCUT2D eigenvalue weighted by Crippen LogP contribution is -2.39. The van der Waals surface area contributed by atoms with Crippen molar-refractivity contribution in [3.05, 3.63) is 28.8 Å².